The van der Waals surface area contributed by atoms with Crippen molar-refractivity contribution in [2.45, 2.75) is 70.5 Å². The van der Waals surface area contributed by atoms with Crippen LogP contribution >= 0.6 is 11.5 Å². The van der Waals surface area contributed by atoms with Crippen LogP contribution < -0.4 is 5.32 Å². The second kappa shape index (κ2) is 9.78. The third kappa shape index (κ3) is 4.76. The lowest BCUT2D eigenvalue weighted by molar-refractivity contribution is -0.127. The smallest absolute Gasteiger partial charge is 0.276 e. The van der Waals surface area contributed by atoms with Gasteiger partial charge in [0.05, 0.1) is 0 Å². The highest BCUT2D eigenvalue weighted by Crippen LogP contribution is 2.28. The molecule has 0 aliphatic heterocycles. The Morgan fingerprint density at radius 1 is 1.21 bits per heavy atom. The Bertz CT molecular complexity index is 760. The van der Waals surface area contributed by atoms with E-state index in [0.29, 0.717) is 0 Å². The van der Waals surface area contributed by atoms with Gasteiger partial charge in [-0.25, -0.2) is 0 Å². The summed E-state index contributed by atoms with van der Waals surface area (Å²) in [7, 11) is 0. The van der Waals surface area contributed by atoms with E-state index in [1.54, 1.807) is 10.3 Å². The van der Waals surface area contributed by atoms with Gasteiger partial charge in [-0.1, -0.05) is 61.0 Å². The van der Waals surface area contributed by atoms with Crippen LogP contribution in [0.4, 0.5) is 0 Å². The summed E-state index contributed by atoms with van der Waals surface area (Å²) in [6, 6.07) is 8.92. The number of benzene rings is 1. The maximum Gasteiger partial charge on any atom is 0.276 e. The molecule has 3 rings (SSSR count). The molecule has 1 aliphatic rings. The van der Waals surface area contributed by atoms with Gasteiger partial charge in [0, 0.05) is 17.5 Å². The van der Waals surface area contributed by atoms with Gasteiger partial charge >= 0.3 is 0 Å². The van der Waals surface area contributed by atoms with Crippen LogP contribution in [0, 0.1) is 0 Å². The van der Waals surface area contributed by atoms with Crippen LogP contribution in [0.1, 0.15) is 74.5 Å². The molecular formula is C21H28N4O2S. The first-order valence-electron chi connectivity index (χ1n) is 10.1. The fourth-order valence-electron chi connectivity index (χ4n) is 3.76. The molecule has 0 bridgehead atoms. The second-order valence-electron chi connectivity index (χ2n) is 7.42. The number of nitrogens with one attached hydrogen (secondary N) is 1. The molecule has 150 valence electrons. The molecule has 2 atom stereocenters. The van der Waals surface area contributed by atoms with Gasteiger partial charge in [-0.3, -0.25) is 9.59 Å². The Morgan fingerprint density at radius 2 is 1.93 bits per heavy atom. The van der Waals surface area contributed by atoms with E-state index in [1.807, 2.05) is 44.2 Å². The summed E-state index contributed by atoms with van der Waals surface area (Å²) in [6.45, 7) is 3.99. The van der Waals surface area contributed by atoms with Crippen LogP contribution in [-0.2, 0) is 4.79 Å². The number of amides is 2. The monoisotopic (exact) mass is 400 g/mol. The van der Waals surface area contributed by atoms with Crippen molar-refractivity contribution < 1.29 is 9.59 Å². The molecule has 0 radical (unpaired) electrons. The molecule has 7 heteroatoms. The van der Waals surface area contributed by atoms with Crippen molar-refractivity contribution in [3.63, 3.8) is 0 Å². The van der Waals surface area contributed by atoms with E-state index < -0.39 is 6.04 Å². The molecule has 0 unspecified atom stereocenters. The average Bonchev–Trinajstić information content (AvgIpc) is 3.27. The van der Waals surface area contributed by atoms with Gasteiger partial charge in [-0.05, 0) is 43.3 Å². The highest BCUT2D eigenvalue weighted by atomic mass is 32.1. The topological polar surface area (TPSA) is 75.2 Å². The van der Waals surface area contributed by atoms with Crippen LogP contribution in [0.5, 0.6) is 0 Å². The molecule has 2 amide bonds. The quantitative estimate of drug-likeness (QED) is 0.763. The maximum absolute atomic E-state index is 13.4. The third-order valence-corrected chi connectivity index (χ3v) is 5.98. The van der Waals surface area contributed by atoms with Crippen molar-refractivity contribution in [2.75, 3.05) is 0 Å². The highest BCUT2D eigenvalue weighted by molar-refractivity contribution is 7.03. The number of nitrogens with zero attached hydrogens (tertiary/aromatic N) is 3. The summed E-state index contributed by atoms with van der Waals surface area (Å²) in [6.07, 6.45) is 6.24. The molecule has 1 aliphatic carbocycles. The molecule has 1 aromatic carbocycles. The van der Waals surface area contributed by atoms with Crippen molar-refractivity contribution in [3.8, 4) is 0 Å². The number of rotatable bonds is 7. The van der Waals surface area contributed by atoms with Crippen molar-refractivity contribution >= 4 is 23.3 Å². The van der Waals surface area contributed by atoms with E-state index in [-0.39, 0.29) is 29.6 Å². The number of carbonyl (C=O) groups is 2. The molecule has 1 fully saturated rings. The molecule has 1 aromatic heterocycles. The molecule has 1 heterocycles. The van der Waals surface area contributed by atoms with Gasteiger partial charge in [0.25, 0.3) is 5.91 Å². The molecule has 0 spiro atoms. The summed E-state index contributed by atoms with van der Waals surface area (Å²) >= 11 is 1.14. The molecule has 2 aromatic rings. The predicted octanol–water partition coefficient (Wildman–Crippen LogP) is 3.97. The Morgan fingerprint density at radius 3 is 2.54 bits per heavy atom. The van der Waals surface area contributed by atoms with Gasteiger partial charge in [-0.2, -0.15) is 0 Å². The molecule has 1 saturated carbocycles. The highest BCUT2D eigenvalue weighted by Gasteiger charge is 2.36. The van der Waals surface area contributed by atoms with Crippen LogP contribution in [-0.4, -0.2) is 38.4 Å². The summed E-state index contributed by atoms with van der Waals surface area (Å²) in [5, 5.41) is 8.80. The van der Waals surface area contributed by atoms with Crippen molar-refractivity contribution in [1.29, 1.82) is 0 Å². The summed E-state index contributed by atoms with van der Waals surface area (Å²) in [4.78, 5) is 28.3. The SMILES string of the molecule is CC[C@H](C)N(C(=O)c1csnn1)[C@H](C(=O)NC1CCCCC1)c1ccccc1. The van der Waals surface area contributed by atoms with Crippen LogP contribution in [0.25, 0.3) is 0 Å². The third-order valence-electron chi connectivity index (χ3n) is 5.47. The average molecular weight is 401 g/mol. The zero-order valence-electron chi connectivity index (χ0n) is 16.5. The normalized spacial score (nSPS) is 16.9. The van der Waals surface area contributed by atoms with E-state index in [4.69, 9.17) is 0 Å². The molecule has 1 N–H and O–H groups in total. The van der Waals surface area contributed by atoms with E-state index in [2.05, 4.69) is 14.9 Å². The summed E-state index contributed by atoms with van der Waals surface area (Å²) in [5.41, 5.74) is 1.10. The Kier molecular flexibility index (Phi) is 7.14. The van der Waals surface area contributed by atoms with E-state index in [9.17, 15) is 9.59 Å². The van der Waals surface area contributed by atoms with Crippen molar-refractivity contribution in [2.24, 2.45) is 0 Å². The Balaban J connectivity index is 1.94. The number of carbonyl (C=O) groups excluding carboxylic acids is 2. The lowest BCUT2D eigenvalue weighted by Crippen LogP contribution is -2.50. The molecular weight excluding hydrogens is 372 g/mol. The van der Waals surface area contributed by atoms with Gasteiger partial charge in [0.1, 0.15) is 6.04 Å². The number of hydrogen-bond acceptors (Lipinski definition) is 5. The molecule has 28 heavy (non-hydrogen) atoms. The zero-order chi connectivity index (χ0) is 19.9. The Labute approximate surface area is 170 Å². The first-order valence-corrected chi connectivity index (χ1v) is 10.9. The van der Waals surface area contributed by atoms with Gasteiger partial charge in [0.15, 0.2) is 5.69 Å². The van der Waals surface area contributed by atoms with Gasteiger partial charge < -0.3 is 10.2 Å². The van der Waals surface area contributed by atoms with E-state index in [1.165, 1.54) is 6.42 Å². The second-order valence-corrected chi connectivity index (χ2v) is 8.03. The van der Waals surface area contributed by atoms with Crippen LogP contribution in [0.3, 0.4) is 0 Å². The fraction of sp³-hybridized carbons (Fsp3) is 0.524. The minimum atomic E-state index is -0.688. The zero-order valence-corrected chi connectivity index (χ0v) is 17.3. The van der Waals surface area contributed by atoms with Crippen LogP contribution in [0.15, 0.2) is 35.7 Å². The standard InChI is InChI=1S/C21H28N4O2S/c1-3-15(2)25(21(27)18-14-28-24-23-18)19(16-10-6-4-7-11-16)20(26)22-17-12-8-5-9-13-17/h4,6-7,10-11,14-15,17,19H,3,5,8-9,12-13H2,1-2H3,(H,22,26)/t15-,19-/m0/s1. The summed E-state index contributed by atoms with van der Waals surface area (Å²) in [5.74, 6) is -0.370. The van der Waals surface area contributed by atoms with Crippen LogP contribution in [0.2, 0.25) is 0 Å². The lowest BCUT2D eigenvalue weighted by Gasteiger charge is -2.36. The van der Waals surface area contributed by atoms with Crippen molar-refractivity contribution in [3.05, 3.63) is 47.0 Å². The molecule has 0 saturated heterocycles. The largest absolute Gasteiger partial charge is 0.351 e. The first kappa shape index (κ1) is 20.5. The van der Waals surface area contributed by atoms with Crippen molar-refractivity contribution in [1.82, 2.24) is 19.8 Å². The predicted molar refractivity (Wildman–Crippen MR) is 110 cm³/mol. The van der Waals surface area contributed by atoms with E-state index in [0.717, 1.165) is 49.2 Å². The Hall–Kier alpha value is -2.28. The van der Waals surface area contributed by atoms with Gasteiger partial charge in [-0.15, -0.1) is 5.10 Å². The maximum atomic E-state index is 13.4. The van der Waals surface area contributed by atoms with E-state index >= 15 is 0 Å². The summed E-state index contributed by atoms with van der Waals surface area (Å²) < 4.78 is 3.82. The number of hydrogen-bond donors (Lipinski definition) is 1. The fourth-order valence-corrected chi connectivity index (χ4v) is 4.19. The van der Waals surface area contributed by atoms with Gasteiger partial charge in [0.2, 0.25) is 5.91 Å². The molecule has 6 nitrogen and oxygen atoms in total. The minimum absolute atomic E-state index is 0.114. The first-order chi connectivity index (χ1) is 13.6. The lowest BCUT2D eigenvalue weighted by atomic mass is 9.94. The minimum Gasteiger partial charge on any atom is -0.351 e. The number of aromatic nitrogens is 2.